The molecule has 0 radical (unpaired) electrons. The lowest BCUT2D eigenvalue weighted by atomic mass is 10.1. The van der Waals surface area contributed by atoms with Crippen LogP contribution in [-0.4, -0.2) is 16.2 Å². The van der Waals surface area contributed by atoms with E-state index in [0.717, 1.165) is 8.95 Å². The van der Waals surface area contributed by atoms with Gasteiger partial charge in [0.1, 0.15) is 0 Å². The third-order valence-corrected chi connectivity index (χ3v) is 2.74. The lowest BCUT2D eigenvalue weighted by molar-refractivity contribution is 0.162. The number of aliphatic hydroxyl groups excluding tert-OH is 1. The van der Waals surface area contributed by atoms with Crippen LogP contribution in [0.15, 0.2) is 21.2 Å². The highest BCUT2D eigenvalue weighted by Gasteiger charge is 2.16. The average Bonchev–Trinajstić information content (AvgIpc) is 2.03. The van der Waals surface area contributed by atoms with Crippen molar-refractivity contribution in [3.8, 4) is 0 Å². The van der Waals surface area contributed by atoms with E-state index in [1.165, 1.54) is 0 Å². The van der Waals surface area contributed by atoms with E-state index in [2.05, 4.69) is 36.8 Å². The number of aliphatic hydroxyl groups is 1. The van der Waals surface area contributed by atoms with E-state index in [-0.39, 0.29) is 0 Å². The quantitative estimate of drug-likeness (QED) is 0.878. The molecule has 5 heteroatoms. The van der Waals surface area contributed by atoms with E-state index in [1.807, 2.05) is 6.07 Å². The monoisotopic (exact) mass is 308 g/mol. The Bertz CT molecular complexity index is 304. The zero-order valence-electron chi connectivity index (χ0n) is 7.04. The van der Waals surface area contributed by atoms with Gasteiger partial charge in [0.2, 0.25) is 0 Å². The third kappa shape index (κ3) is 2.74. The summed E-state index contributed by atoms with van der Waals surface area (Å²) in [6.07, 6.45) is 1.05. The van der Waals surface area contributed by atoms with Gasteiger partial charge in [-0.3, -0.25) is 4.98 Å². The fraction of sp³-hybridized carbons (Fsp3) is 0.375. The van der Waals surface area contributed by atoms with Gasteiger partial charge in [0.25, 0.3) is 0 Å². The molecular formula is C8H10Br2N2O. The van der Waals surface area contributed by atoms with E-state index in [4.69, 9.17) is 5.73 Å². The van der Waals surface area contributed by atoms with Crippen molar-refractivity contribution in [2.75, 3.05) is 0 Å². The van der Waals surface area contributed by atoms with Gasteiger partial charge in [-0.05, 0) is 44.8 Å². The molecule has 1 aromatic heterocycles. The maximum Gasteiger partial charge on any atom is 0.0742 e. The molecule has 0 aliphatic heterocycles. The van der Waals surface area contributed by atoms with Crippen LogP contribution in [0.4, 0.5) is 0 Å². The SMILES string of the molecule is C[C@@H](O)[C@H](N)c1ncc(Br)cc1Br. The van der Waals surface area contributed by atoms with Crippen molar-refractivity contribution < 1.29 is 5.11 Å². The van der Waals surface area contributed by atoms with Crippen LogP contribution in [0.5, 0.6) is 0 Å². The summed E-state index contributed by atoms with van der Waals surface area (Å²) in [6.45, 7) is 1.64. The summed E-state index contributed by atoms with van der Waals surface area (Å²) in [6, 6.07) is 1.40. The molecule has 1 rings (SSSR count). The van der Waals surface area contributed by atoms with Crippen LogP contribution in [0.1, 0.15) is 18.7 Å². The molecule has 3 nitrogen and oxygen atoms in total. The minimum atomic E-state index is -0.607. The Balaban J connectivity index is 3.01. The van der Waals surface area contributed by atoms with Crippen LogP contribution in [0, 0.1) is 0 Å². The summed E-state index contributed by atoms with van der Waals surface area (Å²) in [7, 11) is 0. The van der Waals surface area contributed by atoms with Crippen LogP contribution in [0.3, 0.4) is 0 Å². The second-order valence-corrected chi connectivity index (χ2v) is 4.56. The molecule has 0 aromatic carbocycles. The molecule has 1 heterocycles. The van der Waals surface area contributed by atoms with E-state index in [9.17, 15) is 5.11 Å². The second kappa shape index (κ2) is 4.50. The molecular weight excluding hydrogens is 300 g/mol. The van der Waals surface area contributed by atoms with Gasteiger partial charge < -0.3 is 10.8 Å². The molecule has 0 spiro atoms. The molecule has 0 aliphatic carbocycles. The largest absolute Gasteiger partial charge is 0.391 e. The zero-order valence-corrected chi connectivity index (χ0v) is 10.2. The summed E-state index contributed by atoms with van der Waals surface area (Å²) in [5.41, 5.74) is 6.40. The van der Waals surface area contributed by atoms with Crippen LogP contribution in [-0.2, 0) is 0 Å². The number of rotatable bonds is 2. The number of pyridine rings is 1. The van der Waals surface area contributed by atoms with Gasteiger partial charge in [0.15, 0.2) is 0 Å². The average molecular weight is 310 g/mol. The Morgan fingerprint density at radius 3 is 2.62 bits per heavy atom. The summed E-state index contributed by atoms with van der Waals surface area (Å²) < 4.78 is 1.68. The summed E-state index contributed by atoms with van der Waals surface area (Å²) in [4.78, 5) is 4.12. The van der Waals surface area contributed by atoms with Gasteiger partial charge in [0, 0.05) is 15.1 Å². The summed E-state index contributed by atoms with van der Waals surface area (Å²) in [5.74, 6) is 0. The molecule has 2 atom stereocenters. The van der Waals surface area contributed by atoms with Gasteiger partial charge in [-0.15, -0.1) is 0 Å². The first-order chi connectivity index (χ1) is 6.02. The van der Waals surface area contributed by atoms with E-state index in [0.29, 0.717) is 5.69 Å². The Hall–Kier alpha value is 0.0300. The number of nitrogens with two attached hydrogens (primary N) is 1. The maximum absolute atomic E-state index is 9.27. The highest BCUT2D eigenvalue weighted by Crippen LogP contribution is 2.24. The Morgan fingerprint density at radius 2 is 2.15 bits per heavy atom. The topological polar surface area (TPSA) is 59.1 Å². The third-order valence-electron chi connectivity index (χ3n) is 1.67. The second-order valence-electron chi connectivity index (χ2n) is 2.79. The highest BCUT2D eigenvalue weighted by molar-refractivity contribution is 9.11. The van der Waals surface area contributed by atoms with Gasteiger partial charge in [0.05, 0.1) is 17.8 Å². The number of hydrogen-bond donors (Lipinski definition) is 2. The minimum absolute atomic E-state index is 0.456. The van der Waals surface area contributed by atoms with Crippen molar-refractivity contribution in [3.05, 3.63) is 26.9 Å². The lowest BCUT2D eigenvalue weighted by Crippen LogP contribution is -2.24. The fourth-order valence-corrected chi connectivity index (χ4v) is 2.15. The predicted octanol–water partition coefficient (Wildman–Crippen LogP) is 1.99. The van der Waals surface area contributed by atoms with Gasteiger partial charge in [-0.2, -0.15) is 0 Å². The molecule has 0 aliphatic rings. The van der Waals surface area contributed by atoms with Crippen LogP contribution in [0.2, 0.25) is 0 Å². The Morgan fingerprint density at radius 1 is 1.54 bits per heavy atom. The molecule has 1 aromatic rings. The number of nitrogens with zero attached hydrogens (tertiary/aromatic N) is 1. The summed E-state index contributed by atoms with van der Waals surface area (Å²) in [5, 5.41) is 9.27. The zero-order chi connectivity index (χ0) is 10.0. The number of hydrogen-bond acceptors (Lipinski definition) is 3. The molecule has 0 fully saturated rings. The molecule has 0 saturated carbocycles. The van der Waals surface area contributed by atoms with Gasteiger partial charge in [-0.25, -0.2) is 0 Å². The molecule has 3 N–H and O–H groups in total. The molecule has 0 bridgehead atoms. The molecule has 72 valence electrons. The van der Waals surface area contributed by atoms with E-state index in [1.54, 1.807) is 13.1 Å². The molecule has 0 unspecified atom stereocenters. The highest BCUT2D eigenvalue weighted by atomic mass is 79.9. The number of aromatic nitrogens is 1. The number of halogens is 2. The normalized spacial score (nSPS) is 15.5. The van der Waals surface area contributed by atoms with Crippen molar-refractivity contribution >= 4 is 31.9 Å². The van der Waals surface area contributed by atoms with Crippen molar-refractivity contribution in [1.29, 1.82) is 0 Å². The van der Waals surface area contributed by atoms with Crippen LogP contribution in [0.25, 0.3) is 0 Å². The lowest BCUT2D eigenvalue weighted by Gasteiger charge is -2.15. The van der Waals surface area contributed by atoms with Crippen molar-refractivity contribution in [3.63, 3.8) is 0 Å². The predicted molar refractivity (Wildman–Crippen MR) is 58.2 cm³/mol. The van der Waals surface area contributed by atoms with Crippen molar-refractivity contribution in [2.24, 2.45) is 5.73 Å². The first kappa shape index (κ1) is 11.1. The summed E-state index contributed by atoms with van der Waals surface area (Å²) >= 11 is 6.62. The standard InChI is InChI=1S/C8H10Br2N2O/c1-4(13)7(11)8-6(10)2-5(9)3-12-8/h2-4,7,13H,11H2,1H3/t4-,7+/m1/s1. The van der Waals surface area contributed by atoms with Gasteiger partial charge >= 0.3 is 0 Å². The van der Waals surface area contributed by atoms with Crippen molar-refractivity contribution in [2.45, 2.75) is 19.1 Å². The minimum Gasteiger partial charge on any atom is -0.391 e. The fourth-order valence-electron chi connectivity index (χ4n) is 0.899. The Labute approximate surface area is 93.6 Å². The van der Waals surface area contributed by atoms with E-state index >= 15 is 0 Å². The van der Waals surface area contributed by atoms with Crippen LogP contribution < -0.4 is 5.73 Å². The first-order valence-electron chi connectivity index (χ1n) is 3.77. The molecule has 0 amide bonds. The van der Waals surface area contributed by atoms with Crippen molar-refractivity contribution in [1.82, 2.24) is 4.98 Å². The molecule has 0 saturated heterocycles. The first-order valence-corrected chi connectivity index (χ1v) is 5.35. The van der Waals surface area contributed by atoms with Crippen LogP contribution >= 0.6 is 31.9 Å². The molecule has 13 heavy (non-hydrogen) atoms. The van der Waals surface area contributed by atoms with E-state index < -0.39 is 12.1 Å². The maximum atomic E-state index is 9.27. The smallest absolute Gasteiger partial charge is 0.0742 e. The Kier molecular flexibility index (Phi) is 3.85. The van der Waals surface area contributed by atoms with Gasteiger partial charge in [-0.1, -0.05) is 0 Å².